The normalized spacial score (nSPS) is 50.6. The van der Waals surface area contributed by atoms with Crippen LogP contribution >= 0.6 is 0 Å². The Morgan fingerprint density at radius 2 is 1.41 bits per heavy atom. The maximum Gasteiger partial charge on any atom is -0.0202 e. The molecule has 39 heavy (non-hydrogen) atoms. The molecule has 0 aromatic rings. The molecule has 0 nitrogen and oxygen atoms in total. The predicted octanol–water partition coefficient (Wildman–Crippen LogP) is 12.2. The summed E-state index contributed by atoms with van der Waals surface area (Å²) in [6, 6.07) is 0. The summed E-state index contributed by atoms with van der Waals surface area (Å²) in [5, 5.41) is 0. The summed E-state index contributed by atoms with van der Waals surface area (Å²) in [6.07, 6.45) is 18.3. The van der Waals surface area contributed by atoms with E-state index in [0.717, 1.165) is 88.8 Å². The third-order valence-electron chi connectivity index (χ3n) is 14.8. The third kappa shape index (κ3) is 6.41. The molecule has 0 spiro atoms. The molecule has 0 saturated heterocycles. The van der Waals surface area contributed by atoms with Crippen LogP contribution in [0.5, 0.6) is 0 Å². The van der Waals surface area contributed by atoms with Crippen LogP contribution in [0.15, 0.2) is 12.2 Å². The van der Waals surface area contributed by atoms with Crippen LogP contribution in [-0.4, -0.2) is 0 Å². The first-order valence-electron chi connectivity index (χ1n) is 17.6. The van der Waals surface area contributed by atoms with Gasteiger partial charge in [0.25, 0.3) is 0 Å². The summed E-state index contributed by atoms with van der Waals surface area (Å²) >= 11 is 0. The standard InChI is InChI=1S/C38H68.CH4/c1-12-24(3)37-33(32-18-13-23(2)14-19-32)20-16-26(5)36(37)31(10)34-22-38(11)28(7)17-15-25(4)27(6)21-35(38)30(9)29(34)8;/h13,18,23-37H,12,14-17,19-22H2,1-11H3;1H4. The van der Waals surface area contributed by atoms with E-state index in [4.69, 9.17) is 0 Å². The lowest BCUT2D eigenvalue weighted by molar-refractivity contribution is -0.108. The molecule has 0 bridgehead atoms. The SMILES string of the molecule is C.CCC(C)C1C(C2C=CC(C)CC2)CCC(C)C1C(C)C1CC2(C)C(C)CCC(C)C(C)CC2C(C)C1C. The molecule has 0 heterocycles. The number of hydrogen-bond acceptors (Lipinski definition) is 0. The van der Waals surface area contributed by atoms with Crippen LogP contribution in [0.25, 0.3) is 0 Å². The number of fused-ring (bicyclic) bond motifs is 1. The van der Waals surface area contributed by atoms with Crippen molar-refractivity contribution in [2.45, 2.75) is 141 Å². The highest BCUT2D eigenvalue weighted by molar-refractivity contribution is 5.06. The Hall–Kier alpha value is -0.260. The molecule has 0 heteroatoms. The highest BCUT2D eigenvalue weighted by Crippen LogP contribution is 2.62. The molecule has 0 N–H and O–H groups in total. The van der Waals surface area contributed by atoms with E-state index < -0.39 is 0 Å². The lowest BCUT2D eigenvalue weighted by atomic mass is 9.45. The van der Waals surface area contributed by atoms with Gasteiger partial charge in [0.15, 0.2) is 0 Å². The van der Waals surface area contributed by atoms with Gasteiger partial charge in [0, 0.05) is 0 Å². The van der Waals surface area contributed by atoms with Crippen molar-refractivity contribution in [3.8, 4) is 0 Å². The van der Waals surface area contributed by atoms with Crippen molar-refractivity contribution < 1.29 is 0 Å². The fraction of sp³-hybridized carbons (Fsp3) is 0.949. The van der Waals surface area contributed by atoms with Crippen LogP contribution in [0.3, 0.4) is 0 Å². The first kappa shape index (κ1) is 33.2. The molecule has 4 aliphatic carbocycles. The van der Waals surface area contributed by atoms with E-state index in [2.05, 4.69) is 88.3 Å². The minimum absolute atomic E-state index is 0. The zero-order valence-electron chi connectivity index (χ0n) is 27.7. The lowest BCUT2D eigenvalue weighted by Gasteiger charge is -2.60. The van der Waals surface area contributed by atoms with Gasteiger partial charge in [-0.3, -0.25) is 0 Å². The Balaban J connectivity index is 0.00000420. The Morgan fingerprint density at radius 3 is 2.03 bits per heavy atom. The summed E-state index contributed by atoms with van der Waals surface area (Å²) in [7, 11) is 0. The van der Waals surface area contributed by atoms with Gasteiger partial charge >= 0.3 is 0 Å². The quantitative estimate of drug-likeness (QED) is 0.304. The molecule has 0 aliphatic heterocycles. The molecule has 3 fully saturated rings. The molecule has 228 valence electrons. The molecular formula is C39H72. The highest BCUT2D eigenvalue weighted by atomic mass is 14.6. The van der Waals surface area contributed by atoms with Crippen LogP contribution in [0.1, 0.15) is 141 Å². The average molecular weight is 541 g/mol. The molecule has 0 amide bonds. The summed E-state index contributed by atoms with van der Waals surface area (Å²) in [5.41, 5.74) is 0.519. The molecular weight excluding hydrogens is 468 g/mol. The van der Waals surface area contributed by atoms with Crippen LogP contribution in [-0.2, 0) is 0 Å². The number of hydrogen-bond donors (Lipinski definition) is 0. The zero-order valence-corrected chi connectivity index (χ0v) is 27.7. The highest BCUT2D eigenvalue weighted by Gasteiger charge is 2.54. The predicted molar refractivity (Wildman–Crippen MR) is 175 cm³/mol. The molecule has 4 aliphatic rings. The van der Waals surface area contributed by atoms with Gasteiger partial charge in [0.05, 0.1) is 0 Å². The van der Waals surface area contributed by atoms with E-state index in [0.29, 0.717) is 5.41 Å². The fourth-order valence-corrected chi connectivity index (χ4v) is 11.2. The Labute approximate surface area is 247 Å². The minimum Gasteiger partial charge on any atom is -0.0854 e. The van der Waals surface area contributed by atoms with E-state index in [1.165, 1.54) is 57.8 Å². The smallest absolute Gasteiger partial charge is 0.0202 e. The van der Waals surface area contributed by atoms with Crippen LogP contribution < -0.4 is 0 Å². The fourth-order valence-electron chi connectivity index (χ4n) is 11.2. The van der Waals surface area contributed by atoms with Gasteiger partial charge in [0.1, 0.15) is 0 Å². The average Bonchev–Trinajstić information content (AvgIpc) is 2.90. The van der Waals surface area contributed by atoms with Gasteiger partial charge in [-0.2, -0.15) is 0 Å². The molecule has 3 saturated carbocycles. The Kier molecular flexibility index (Phi) is 11.4. The van der Waals surface area contributed by atoms with Crippen molar-refractivity contribution in [3.63, 3.8) is 0 Å². The summed E-state index contributed by atoms with van der Waals surface area (Å²) in [5.74, 6) is 13.1. The minimum atomic E-state index is 0. The van der Waals surface area contributed by atoms with E-state index in [1.807, 2.05) is 0 Å². The van der Waals surface area contributed by atoms with Crippen molar-refractivity contribution in [2.24, 2.45) is 94.2 Å². The van der Waals surface area contributed by atoms with Crippen LogP contribution in [0.2, 0.25) is 0 Å². The second-order valence-electron chi connectivity index (χ2n) is 16.6. The third-order valence-corrected chi connectivity index (χ3v) is 14.8. The molecule has 16 unspecified atom stereocenters. The molecule has 0 aromatic carbocycles. The van der Waals surface area contributed by atoms with Crippen molar-refractivity contribution in [1.82, 2.24) is 0 Å². The molecule has 0 radical (unpaired) electrons. The first-order chi connectivity index (χ1) is 17.9. The number of rotatable bonds is 5. The van der Waals surface area contributed by atoms with Crippen LogP contribution in [0, 0.1) is 94.2 Å². The van der Waals surface area contributed by atoms with Gasteiger partial charge in [0.2, 0.25) is 0 Å². The van der Waals surface area contributed by atoms with Gasteiger partial charge in [-0.1, -0.05) is 115 Å². The van der Waals surface area contributed by atoms with Crippen molar-refractivity contribution in [1.29, 1.82) is 0 Å². The Bertz CT molecular complexity index is 779. The van der Waals surface area contributed by atoms with Gasteiger partial charge in [-0.25, -0.2) is 0 Å². The summed E-state index contributed by atoms with van der Waals surface area (Å²) < 4.78 is 0. The lowest BCUT2D eigenvalue weighted by Crippen LogP contribution is -2.53. The maximum absolute atomic E-state index is 2.76. The van der Waals surface area contributed by atoms with E-state index in [9.17, 15) is 0 Å². The van der Waals surface area contributed by atoms with Gasteiger partial charge < -0.3 is 0 Å². The van der Waals surface area contributed by atoms with E-state index in [-0.39, 0.29) is 7.43 Å². The van der Waals surface area contributed by atoms with Gasteiger partial charge in [-0.05, 0) is 133 Å². The maximum atomic E-state index is 2.76. The summed E-state index contributed by atoms with van der Waals surface area (Å²) in [6.45, 7) is 28.9. The van der Waals surface area contributed by atoms with Crippen molar-refractivity contribution in [2.75, 3.05) is 0 Å². The van der Waals surface area contributed by atoms with Crippen molar-refractivity contribution >= 4 is 0 Å². The zero-order chi connectivity index (χ0) is 27.9. The second-order valence-corrected chi connectivity index (χ2v) is 16.6. The molecule has 0 aromatic heterocycles. The topological polar surface area (TPSA) is 0 Å². The number of allylic oxidation sites excluding steroid dienone is 2. The summed E-state index contributed by atoms with van der Waals surface area (Å²) in [4.78, 5) is 0. The monoisotopic (exact) mass is 541 g/mol. The molecule has 4 rings (SSSR count). The van der Waals surface area contributed by atoms with E-state index >= 15 is 0 Å². The second kappa shape index (κ2) is 13.4. The Morgan fingerprint density at radius 1 is 0.744 bits per heavy atom. The van der Waals surface area contributed by atoms with Crippen LogP contribution in [0.4, 0.5) is 0 Å². The van der Waals surface area contributed by atoms with E-state index in [1.54, 1.807) is 0 Å². The largest absolute Gasteiger partial charge is 0.0854 e. The van der Waals surface area contributed by atoms with Gasteiger partial charge in [-0.15, -0.1) is 0 Å². The van der Waals surface area contributed by atoms with Crippen molar-refractivity contribution in [3.05, 3.63) is 12.2 Å². The molecule has 16 atom stereocenters. The first-order valence-corrected chi connectivity index (χ1v) is 17.6.